The van der Waals surface area contributed by atoms with Gasteiger partial charge in [0, 0.05) is 35.2 Å². The van der Waals surface area contributed by atoms with E-state index in [1.807, 2.05) is 6.08 Å². The van der Waals surface area contributed by atoms with E-state index in [9.17, 15) is 8.78 Å². The van der Waals surface area contributed by atoms with Gasteiger partial charge < -0.3 is 9.88 Å². The number of aryl methyl sites for hydroxylation is 1. The summed E-state index contributed by atoms with van der Waals surface area (Å²) in [5.41, 5.74) is 7.87. The number of unbranched alkanes of at least 4 members (excludes halogenated alkanes) is 1. The molecule has 3 aromatic rings. The van der Waals surface area contributed by atoms with Crippen molar-refractivity contribution in [1.29, 1.82) is 0 Å². The summed E-state index contributed by atoms with van der Waals surface area (Å²) in [6.45, 7) is 14.1. The summed E-state index contributed by atoms with van der Waals surface area (Å²) in [5, 5.41) is 4.23. The summed E-state index contributed by atoms with van der Waals surface area (Å²) in [4.78, 5) is 0. The number of hydrogen-bond acceptors (Lipinski definition) is 1. The Hall–Kier alpha value is -2.98. The predicted octanol–water partition coefficient (Wildman–Crippen LogP) is 9.10. The van der Waals surface area contributed by atoms with Gasteiger partial charge in [-0.2, -0.15) is 0 Å². The Morgan fingerprint density at radius 2 is 1.76 bits per heavy atom. The lowest BCUT2D eigenvalue weighted by Gasteiger charge is -2.17. The van der Waals surface area contributed by atoms with E-state index < -0.39 is 11.6 Å². The number of hydrogen-bond donors (Lipinski definition) is 1. The van der Waals surface area contributed by atoms with Gasteiger partial charge in [0.2, 0.25) is 0 Å². The monoisotopic (exact) mass is 504 g/mol. The Labute approximate surface area is 221 Å². The Bertz CT molecular complexity index is 1230. The van der Waals surface area contributed by atoms with Crippen molar-refractivity contribution in [3.05, 3.63) is 101 Å². The third-order valence-electron chi connectivity index (χ3n) is 7.20. The number of benzene rings is 2. The average Bonchev–Trinajstić information content (AvgIpc) is 3.53. The molecule has 198 valence electrons. The molecule has 4 rings (SSSR count). The molecule has 0 spiro atoms. The van der Waals surface area contributed by atoms with Crippen LogP contribution < -0.4 is 5.32 Å². The molecule has 1 N–H and O–H groups in total. The van der Waals surface area contributed by atoms with Crippen molar-refractivity contribution in [2.75, 3.05) is 7.05 Å². The van der Waals surface area contributed by atoms with E-state index in [1.54, 1.807) is 13.1 Å². The van der Waals surface area contributed by atoms with Crippen molar-refractivity contribution < 1.29 is 8.78 Å². The number of halogens is 2. The highest BCUT2D eigenvalue weighted by atomic mass is 19.2. The number of allylic oxidation sites excluding steroid dienone is 3. The number of aromatic nitrogens is 1. The molecule has 0 saturated heterocycles. The van der Waals surface area contributed by atoms with E-state index in [0.717, 1.165) is 37.4 Å². The third-order valence-corrected chi connectivity index (χ3v) is 7.20. The zero-order chi connectivity index (χ0) is 26.8. The highest BCUT2D eigenvalue weighted by Crippen LogP contribution is 2.41. The molecule has 2 aromatic carbocycles. The molecule has 0 atom stereocenters. The van der Waals surface area contributed by atoms with E-state index >= 15 is 0 Å². The van der Waals surface area contributed by atoms with Crippen molar-refractivity contribution in [2.24, 2.45) is 0 Å². The second-order valence-corrected chi connectivity index (χ2v) is 9.97. The molecular weight excluding hydrogens is 462 g/mol. The van der Waals surface area contributed by atoms with Crippen molar-refractivity contribution in [2.45, 2.75) is 77.8 Å². The van der Waals surface area contributed by atoms with Gasteiger partial charge in [-0.1, -0.05) is 62.3 Å². The molecule has 1 aromatic heterocycles. The van der Waals surface area contributed by atoms with Gasteiger partial charge in [0.15, 0.2) is 11.6 Å². The van der Waals surface area contributed by atoms with Crippen molar-refractivity contribution in [3.63, 3.8) is 0 Å². The van der Waals surface area contributed by atoms with Crippen LogP contribution >= 0.6 is 0 Å². The highest BCUT2D eigenvalue weighted by Gasteiger charge is 2.25. The van der Waals surface area contributed by atoms with Crippen LogP contribution in [0.3, 0.4) is 0 Å². The Balaban J connectivity index is 0.000000289. The van der Waals surface area contributed by atoms with Crippen molar-refractivity contribution in [1.82, 2.24) is 9.88 Å². The van der Waals surface area contributed by atoms with Gasteiger partial charge in [0.05, 0.1) is 0 Å². The van der Waals surface area contributed by atoms with Crippen LogP contribution in [0.15, 0.2) is 67.3 Å². The summed E-state index contributed by atoms with van der Waals surface area (Å²) in [6.07, 6.45) is 15.0. The SMILES string of the molecule is C=CCC/C=C(\C)Cn1c(C2CCCC2)c(C=C)c2cc(CC)ccc21.CNCc1ccc(F)c(F)c1. The fourth-order valence-electron chi connectivity index (χ4n) is 5.31. The second kappa shape index (κ2) is 14.1. The first-order valence-corrected chi connectivity index (χ1v) is 13.6. The second-order valence-electron chi connectivity index (χ2n) is 9.97. The molecule has 1 saturated carbocycles. The number of nitrogens with zero attached hydrogens (tertiary/aromatic N) is 1. The first-order valence-electron chi connectivity index (χ1n) is 13.6. The minimum Gasteiger partial charge on any atom is -0.340 e. The minimum absolute atomic E-state index is 0.553. The molecule has 0 radical (unpaired) electrons. The fourth-order valence-corrected chi connectivity index (χ4v) is 5.31. The number of fused-ring (bicyclic) bond motifs is 1. The summed E-state index contributed by atoms with van der Waals surface area (Å²) in [7, 11) is 1.75. The maximum absolute atomic E-state index is 12.5. The first-order chi connectivity index (χ1) is 17.9. The van der Waals surface area contributed by atoms with E-state index in [4.69, 9.17) is 0 Å². The van der Waals surface area contributed by atoms with Gasteiger partial charge in [-0.05, 0) is 87.4 Å². The lowest BCUT2D eigenvalue weighted by Crippen LogP contribution is -2.08. The van der Waals surface area contributed by atoms with Crippen LogP contribution in [0.4, 0.5) is 8.78 Å². The van der Waals surface area contributed by atoms with Crippen LogP contribution in [0.2, 0.25) is 0 Å². The quantitative estimate of drug-likeness (QED) is 0.215. The van der Waals surface area contributed by atoms with Crippen LogP contribution in [0, 0.1) is 11.6 Å². The van der Waals surface area contributed by atoms with E-state index in [0.29, 0.717) is 12.5 Å². The maximum atomic E-state index is 12.5. The summed E-state index contributed by atoms with van der Waals surface area (Å²) in [6, 6.07) is 10.9. The molecule has 4 heteroatoms. The largest absolute Gasteiger partial charge is 0.340 e. The third kappa shape index (κ3) is 7.29. The maximum Gasteiger partial charge on any atom is 0.159 e. The van der Waals surface area contributed by atoms with Gasteiger partial charge in [-0.3, -0.25) is 0 Å². The van der Waals surface area contributed by atoms with Gasteiger partial charge >= 0.3 is 0 Å². The molecule has 1 aliphatic rings. The Morgan fingerprint density at radius 3 is 2.38 bits per heavy atom. The Morgan fingerprint density at radius 1 is 1.03 bits per heavy atom. The van der Waals surface area contributed by atoms with Gasteiger partial charge in [0.1, 0.15) is 0 Å². The van der Waals surface area contributed by atoms with Crippen LogP contribution in [0.1, 0.15) is 80.7 Å². The summed E-state index contributed by atoms with van der Waals surface area (Å²) >= 11 is 0. The molecule has 1 fully saturated rings. The number of nitrogens with one attached hydrogen (secondary N) is 1. The molecule has 0 aliphatic heterocycles. The molecule has 0 bridgehead atoms. The molecule has 0 unspecified atom stereocenters. The molecule has 1 heterocycles. The molecule has 1 aliphatic carbocycles. The van der Waals surface area contributed by atoms with Crippen molar-refractivity contribution in [3.8, 4) is 0 Å². The smallest absolute Gasteiger partial charge is 0.159 e. The van der Waals surface area contributed by atoms with Crippen LogP contribution in [-0.2, 0) is 19.5 Å². The predicted molar refractivity (Wildman–Crippen MR) is 155 cm³/mol. The highest BCUT2D eigenvalue weighted by molar-refractivity contribution is 5.92. The lowest BCUT2D eigenvalue weighted by molar-refractivity contribution is 0.506. The van der Waals surface area contributed by atoms with E-state index in [1.165, 1.54) is 65.0 Å². The van der Waals surface area contributed by atoms with Crippen LogP contribution in [0.25, 0.3) is 17.0 Å². The lowest BCUT2D eigenvalue weighted by atomic mass is 9.98. The van der Waals surface area contributed by atoms with Crippen LogP contribution in [0.5, 0.6) is 0 Å². The van der Waals surface area contributed by atoms with Gasteiger partial charge in [-0.25, -0.2) is 8.78 Å². The summed E-state index contributed by atoms with van der Waals surface area (Å²) < 4.78 is 27.4. The summed E-state index contributed by atoms with van der Waals surface area (Å²) in [5.74, 6) is -0.913. The average molecular weight is 505 g/mol. The number of rotatable bonds is 10. The fraction of sp³-hybridized carbons (Fsp3) is 0.394. The first kappa shape index (κ1) is 28.6. The minimum atomic E-state index is -0.801. The molecule has 2 nitrogen and oxygen atoms in total. The van der Waals surface area contributed by atoms with E-state index in [2.05, 4.69) is 67.2 Å². The molecular formula is C33H42F2N2. The van der Waals surface area contributed by atoms with Crippen molar-refractivity contribution >= 4 is 17.0 Å². The molecule has 37 heavy (non-hydrogen) atoms. The zero-order valence-electron chi connectivity index (χ0n) is 22.8. The topological polar surface area (TPSA) is 17.0 Å². The standard InChI is InChI=1S/C25H33N.C8H9F2N/c1-5-8-9-12-19(4)18-26-24-16-15-20(6-2)17-23(24)22(7-3)25(26)21-13-10-11-14-21;1-11-5-6-2-3-7(9)8(10)4-6/h5,7,12,15-17,21H,1,3,6,8-11,13-14,18H2,2,4H3;2-4,11H,5H2,1H3/b19-12+;. The normalized spacial score (nSPS) is 14.0. The van der Waals surface area contributed by atoms with Crippen LogP contribution in [-0.4, -0.2) is 11.6 Å². The molecule has 0 amide bonds. The zero-order valence-corrected chi connectivity index (χ0v) is 22.8. The Kier molecular flexibility index (Phi) is 10.9. The van der Waals surface area contributed by atoms with Gasteiger partial charge in [-0.15, -0.1) is 6.58 Å². The van der Waals surface area contributed by atoms with Gasteiger partial charge in [0.25, 0.3) is 0 Å². The van der Waals surface area contributed by atoms with E-state index in [-0.39, 0.29) is 0 Å².